The van der Waals surface area contributed by atoms with E-state index >= 15 is 0 Å². The second kappa shape index (κ2) is 5.64. The molecule has 0 heterocycles. The van der Waals surface area contributed by atoms with Crippen molar-refractivity contribution in [3.63, 3.8) is 0 Å². The Morgan fingerprint density at radius 3 is 2.75 bits per heavy atom. The number of methoxy groups -OCH3 is 1. The Labute approximate surface area is 95.4 Å². The van der Waals surface area contributed by atoms with E-state index in [-0.39, 0.29) is 11.6 Å². The fourth-order valence-corrected chi connectivity index (χ4v) is 1.74. The Hall–Kier alpha value is -1.38. The van der Waals surface area contributed by atoms with Crippen LogP contribution >= 0.6 is 0 Å². The van der Waals surface area contributed by atoms with Crippen LogP contribution in [0.15, 0.2) is 18.2 Å². The van der Waals surface area contributed by atoms with Gasteiger partial charge in [-0.2, -0.15) is 0 Å². The first kappa shape index (κ1) is 12.7. The van der Waals surface area contributed by atoms with Crippen molar-refractivity contribution in [3.05, 3.63) is 29.6 Å². The Morgan fingerprint density at radius 2 is 2.19 bits per heavy atom. The number of Topliss-reactive ketones (excluding diaryl/α,β-unsaturated/α-hetero) is 1. The number of ketones is 1. The highest BCUT2D eigenvalue weighted by Crippen LogP contribution is 2.30. The second-order valence-electron chi connectivity index (χ2n) is 3.79. The van der Waals surface area contributed by atoms with Crippen molar-refractivity contribution in [1.29, 1.82) is 0 Å². The van der Waals surface area contributed by atoms with Gasteiger partial charge in [0.1, 0.15) is 17.3 Å². The average Bonchev–Trinajstić information content (AvgIpc) is 2.28. The molecule has 16 heavy (non-hydrogen) atoms. The number of hydrogen-bond acceptors (Lipinski definition) is 2. The average molecular weight is 224 g/mol. The lowest BCUT2D eigenvalue weighted by Crippen LogP contribution is -2.11. The lowest BCUT2D eigenvalue weighted by molar-refractivity contribution is -0.120. The fourth-order valence-electron chi connectivity index (χ4n) is 1.74. The molecule has 0 aromatic heterocycles. The number of rotatable bonds is 5. The standard InChI is InChI=1S/C13H17FO2/c1-4-6-11(15)9(2)13-10(14)7-5-8-12(13)16-3/h5,7-9H,4,6H2,1-3H3. The van der Waals surface area contributed by atoms with Gasteiger partial charge in [-0.3, -0.25) is 4.79 Å². The lowest BCUT2D eigenvalue weighted by Gasteiger charge is -2.15. The van der Waals surface area contributed by atoms with E-state index in [1.54, 1.807) is 19.1 Å². The van der Waals surface area contributed by atoms with Gasteiger partial charge < -0.3 is 4.74 Å². The van der Waals surface area contributed by atoms with Crippen LogP contribution in [0, 0.1) is 5.82 Å². The van der Waals surface area contributed by atoms with Gasteiger partial charge in [0.15, 0.2) is 0 Å². The summed E-state index contributed by atoms with van der Waals surface area (Å²) in [7, 11) is 1.48. The third kappa shape index (κ3) is 2.60. The van der Waals surface area contributed by atoms with Gasteiger partial charge in [-0.1, -0.05) is 19.9 Å². The highest BCUT2D eigenvalue weighted by atomic mass is 19.1. The maximum absolute atomic E-state index is 13.7. The molecular weight excluding hydrogens is 207 g/mol. The summed E-state index contributed by atoms with van der Waals surface area (Å²) in [6, 6.07) is 4.61. The molecule has 0 radical (unpaired) electrons. The van der Waals surface area contributed by atoms with Crippen LogP contribution in [-0.2, 0) is 4.79 Å². The summed E-state index contributed by atoms with van der Waals surface area (Å²) in [5.41, 5.74) is 0.364. The van der Waals surface area contributed by atoms with Crippen molar-refractivity contribution < 1.29 is 13.9 Å². The van der Waals surface area contributed by atoms with Crippen LogP contribution in [0.2, 0.25) is 0 Å². The van der Waals surface area contributed by atoms with Crippen molar-refractivity contribution in [1.82, 2.24) is 0 Å². The first-order valence-corrected chi connectivity index (χ1v) is 5.46. The van der Waals surface area contributed by atoms with Crippen LogP contribution in [0.1, 0.15) is 38.2 Å². The molecular formula is C13H17FO2. The summed E-state index contributed by atoms with van der Waals surface area (Å²) in [6.45, 7) is 3.65. The minimum Gasteiger partial charge on any atom is -0.496 e. The second-order valence-corrected chi connectivity index (χ2v) is 3.79. The van der Waals surface area contributed by atoms with Crippen LogP contribution in [0.5, 0.6) is 5.75 Å². The number of ether oxygens (including phenoxy) is 1. The minimum absolute atomic E-state index is 0.0471. The Kier molecular flexibility index (Phi) is 4.47. The van der Waals surface area contributed by atoms with Crippen LogP contribution in [0.3, 0.4) is 0 Å². The van der Waals surface area contributed by atoms with Gasteiger partial charge in [0.25, 0.3) is 0 Å². The molecule has 0 N–H and O–H groups in total. The van der Waals surface area contributed by atoms with Crippen molar-refractivity contribution in [3.8, 4) is 5.75 Å². The third-order valence-electron chi connectivity index (χ3n) is 2.65. The van der Waals surface area contributed by atoms with E-state index in [1.807, 2.05) is 6.92 Å². The summed E-state index contributed by atoms with van der Waals surface area (Å²) in [5.74, 6) is -0.338. The molecule has 0 aliphatic carbocycles. The van der Waals surface area contributed by atoms with E-state index in [9.17, 15) is 9.18 Å². The van der Waals surface area contributed by atoms with Crippen LogP contribution < -0.4 is 4.74 Å². The maximum Gasteiger partial charge on any atom is 0.140 e. The Morgan fingerprint density at radius 1 is 1.50 bits per heavy atom. The fraction of sp³-hybridized carbons (Fsp3) is 0.462. The highest BCUT2D eigenvalue weighted by molar-refractivity contribution is 5.86. The molecule has 0 aliphatic heterocycles. The third-order valence-corrected chi connectivity index (χ3v) is 2.65. The number of halogens is 1. The molecule has 1 rings (SSSR count). The molecule has 0 spiro atoms. The molecule has 1 aromatic rings. The Balaban J connectivity index is 3.06. The van der Waals surface area contributed by atoms with Crippen molar-refractivity contribution in [2.75, 3.05) is 7.11 Å². The van der Waals surface area contributed by atoms with E-state index in [4.69, 9.17) is 4.74 Å². The highest BCUT2D eigenvalue weighted by Gasteiger charge is 2.21. The normalized spacial score (nSPS) is 12.2. The predicted molar refractivity (Wildman–Crippen MR) is 61.3 cm³/mol. The van der Waals surface area contributed by atoms with Gasteiger partial charge >= 0.3 is 0 Å². The van der Waals surface area contributed by atoms with Gasteiger partial charge in [0, 0.05) is 17.9 Å². The summed E-state index contributed by atoms with van der Waals surface area (Å²) in [6.07, 6.45) is 1.25. The van der Waals surface area contributed by atoms with E-state index < -0.39 is 5.92 Å². The maximum atomic E-state index is 13.7. The van der Waals surface area contributed by atoms with Crippen LogP contribution in [0.4, 0.5) is 4.39 Å². The molecule has 1 unspecified atom stereocenters. The molecule has 0 fully saturated rings. The van der Waals surface area contributed by atoms with Gasteiger partial charge in [-0.05, 0) is 18.6 Å². The van der Waals surface area contributed by atoms with Gasteiger partial charge in [-0.15, -0.1) is 0 Å². The molecule has 0 saturated heterocycles. The smallest absolute Gasteiger partial charge is 0.140 e. The van der Waals surface area contributed by atoms with Gasteiger partial charge in [-0.25, -0.2) is 4.39 Å². The van der Waals surface area contributed by atoms with Crippen LogP contribution in [-0.4, -0.2) is 12.9 Å². The molecule has 1 aromatic carbocycles. The van der Waals surface area contributed by atoms with Gasteiger partial charge in [0.2, 0.25) is 0 Å². The quantitative estimate of drug-likeness (QED) is 0.767. The van der Waals surface area contributed by atoms with Crippen molar-refractivity contribution >= 4 is 5.78 Å². The molecule has 0 aliphatic rings. The molecule has 88 valence electrons. The largest absolute Gasteiger partial charge is 0.496 e. The molecule has 0 bridgehead atoms. The van der Waals surface area contributed by atoms with Crippen molar-refractivity contribution in [2.24, 2.45) is 0 Å². The molecule has 2 nitrogen and oxygen atoms in total. The summed E-state index contributed by atoms with van der Waals surface area (Å²) in [5, 5.41) is 0. The summed E-state index contributed by atoms with van der Waals surface area (Å²) >= 11 is 0. The summed E-state index contributed by atoms with van der Waals surface area (Å²) in [4.78, 5) is 11.7. The first-order chi connectivity index (χ1) is 7.61. The molecule has 3 heteroatoms. The SMILES string of the molecule is CCCC(=O)C(C)c1c(F)cccc1OC. The first-order valence-electron chi connectivity index (χ1n) is 5.46. The monoisotopic (exact) mass is 224 g/mol. The zero-order valence-electron chi connectivity index (χ0n) is 9.92. The van der Waals surface area contributed by atoms with E-state index in [2.05, 4.69) is 0 Å². The number of carbonyl (C=O) groups is 1. The van der Waals surface area contributed by atoms with Gasteiger partial charge in [0.05, 0.1) is 7.11 Å². The predicted octanol–water partition coefficient (Wildman–Crippen LogP) is 3.31. The van der Waals surface area contributed by atoms with Crippen molar-refractivity contribution in [2.45, 2.75) is 32.6 Å². The minimum atomic E-state index is -0.448. The number of benzene rings is 1. The molecule has 1 atom stereocenters. The molecule has 0 saturated carbocycles. The topological polar surface area (TPSA) is 26.3 Å². The molecule has 0 amide bonds. The van der Waals surface area contributed by atoms with Crippen LogP contribution in [0.25, 0.3) is 0 Å². The van der Waals surface area contributed by atoms with E-state index in [0.29, 0.717) is 17.7 Å². The Bertz CT molecular complexity index is 374. The van der Waals surface area contributed by atoms with E-state index in [1.165, 1.54) is 13.2 Å². The number of carbonyl (C=O) groups excluding carboxylic acids is 1. The zero-order chi connectivity index (χ0) is 12.1. The van der Waals surface area contributed by atoms with E-state index in [0.717, 1.165) is 6.42 Å². The number of hydrogen-bond donors (Lipinski definition) is 0. The summed E-state index contributed by atoms with van der Waals surface area (Å²) < 4.78 is 18.7. The lowest BCUT2D eigenvalue weighted by atomic mass is 9.93. The zero-order valence-corrected chi connectivity index (χ0v) is 9.92.